The van der Waals surface area contributed by atoms with E-state index in [1.165, 1.54) is 0 Å². The van der Waals surface area contributed by atoms with Crippen molar-refractivity contribution in [3.63, 3.8) is 0 Å². The van der Waals surface area contributed by atoms with Gasteiger partial charge in [0.2, 0.25) is 0 Å². The molecule has 0 fully saturated rings. The lowest BCUT2D eigenvalue weighted by Gasteiger charge is -2.35. The summed E-state index contributed by atoms with van der Waals surface area (Å²) in [7, 11) is 0. The van der Waals surface area contributed by atoms with Gasteiger partial charge in [0.15, 0.2) is 5.82 Å². The quantitative estimate of drug-likeness (QED) is 0.522. The zero-order chi connectivity index (χ0) is 19.2. The van der Waals surface area contributed by atoms with Gasteiger partial charge in [0.05, 0.1) is 6.61 Å². The van der Waals surface area contributed by atoms with Crippen molar-refractivity contribution in [2.45, 2.75) is 5.54 Å². The van der Waals surface area contributed by atoms with Crippen LogP contribution in [0.1, 0.15) is 22.5 Å². The predicted molar refractivity (Wildman–Crippen MR) is 111 cm³/mol. The number of aromatic nitrogens is 3. The van der Waals surface area contributed by atoms with Gasteiger partial charge in [-0.05, 0) is 22.8 Å². The summed E-state index contributed by atoms with van der Waals surface area (Å²) in [6.07, 6.45) is 5.11. The fraction of sp³-hybridized carbons (Fsp3) is 0.0833. The van der Waals surface area contributed by atoms with Crippen LogP contribution in [0, 0.1) is 0 Å². The van der Waals surface area contributed by atoms with Crippen molar-refractivity contribution in [2.24, 2.45) is 0 Å². The maximum absolute atomic E-state index is 9.08. The molecule has 0 radical (unpaired) electrons. The Labute approximate surface area is 164 Å². The number of hydrogen-bond donors (Lipinski definition) is 1. The number of hydrogen-bond acceptors (Lipinski definition) is 3. The van der Waals surface area contributed by atoms with Crippen LogP contribution in [0.5, 0.6) is 0 Å². The Balaban J connectivity index is 2.04. The second-order valence-corrected chi connectivity index (χ2v) is 6.44. The van der Waals surface area contributed by atoms with Crippen molar-refractivity contribution in [3.8, 4) is 0 Å². The lowest BCUT2D eigenvalue weighted by atomic mass is 9.77. The molecule has 3 aromatic carbocycles. The van der Waals surface area contributed by atoms with Gasteiger partial charge in [-0.2, -0.15) is 5.10 Å². The van der Waals surface area contributed by atoms with Crippen LogP contribution in [-0.2, 0) is 5.54 Å². The Hall–Kier alpha value is -3.50. The van der Waals surface area contributed by atoms with Crippen molar-refractivity contribution in [3.05, 3.63) is 126 Å². The Bertz CT molecular complexity index is 944. The molecule has 1 aromatic heterocycles. The van der Waals surface area contributed by atoms with E-state index in [-0.39, 0.29) is 6.61 Å². The average molecular weight is 367 g/mol. The maximum atomic E-state index is 9.08. The van der Waals surface area contributed by atoms with Gasteiger partial charge in [-0.3, -0.25) is 0 Å². The molecule has 4 nitrogen and oxygen atoms in total. The van der Waals surface area contributed by atoms with Crippen LogP contribution in [-0.4, -0.2) is 26.5 Å². The highest BCUT2D eigenvalue weighted by Gasteiger charge is 2.39. The average Bonchev–Trinajstić information content (AvgIpc) is 3.24. The minimum Gasteiger partial charge on any atom is -0.392 e. The first-order valence-electron chi connectivity index (χ1n) is 9.22. The molecule has 0 atom stereocenters. The molecule has 0 bridgehead atoms. The van der Waals surface area contributed by atoms with Crippen LogP contribution in [0.3, 0.4) is 0 Å². The first kappa shape index (κ1) is 17.9. The van der Waals surface area contributed by atoms with Gasteiger partial charge in [0.1, 0.15) is 11.9 Å². The topological polar surface area (TPSA) is 50.9 Å². The standard InChI is InChI=1S/C24H21N3O/c28-18-10-17-23-25-19-27(26-23)24(20-11-4-1-5-12-20,21-13-6-2-7-14-21)22-15-8-3-9-16-22/h1-17,19,28H,18H2. The predicted octanol–water partition coefficient (Wildman–Crippen LogP) is 4.12. The van der Waals surface area contributed by atoms with Gasteiger partial charge in [0.25, 0.3) is 0 Å². The van der Waals surface area contributed by atoms with E-state index in [1.807, 2.05) is 59.3 Å². The molecular formula is C24H21N3O. The van der Waals surface area contributed by atoms with Crippen LogP contribution in [0.25, 0.3) is 6.08 Å². The Kier molecular flexibility index (Phi) is 5.13. The van der Waals surface area contributed by atoms with Gasteiger partial charge >= 0.3 is 0 Å². The van der Waals surface area contributed by atoms with Crippen LogP contribution < -0.4 is 0 Å². The lowest BCUT2D eigenvalue weighted by molar-refractivity contribution is 0.343. The Morgan fingerprint density at radius 1 is 0.750 bits per heavy atom. The largest absolute Gasteiger partial charge is 0.392 e. The van der Waals surface area contributed by atoms with Crippen molar-refractivity contribution in [1.82, 2.24) is 14.8 Å². The van der Waals surface area contributed by atoms with E-state index < -0.39 is 5.54 Å². The summed E-state index contributed by atoms with van der Waals surface area (Å²) in [5.41, 5.74) is 2.61. The normalized spacial score (nSPS) is 11.8. The minimum absolute atomic E-state index is 0.0459. The molecule has 4 rings (SSSR count). The number of benzene rings is 3. The number of rotatable bonds is 6. The summed E-state index contributed by atoms with van der Waals surface area (Å²) in [6.45, 7) is -0.0459. The summed E-state index contributed by atoms with van der Waals surface area (Å²) >= 11 is 0. The molecule has 0 aliphatic carbocycles. The molecule has 0 aliphatic rings. The van der Waals surface area contributed by atoms with E-state index in [9.17, 15) is 0 Å². The van der Waals surface area contributed by atoms with Crippen LogP contribution in [0.4, 0.5) is 0 Å². The van der Waals surface area contributed by atoms with E-state index >= 15 is 0 Å². The molecule has 0 unspecified atom stereocenters. The van der Waals surface area contributed by atoms with E-state index in [0.29, 0.717) is 5.82 Å². The van der Waals surface area contributed by atoms with Crippen molar-refractivity contribution in [1.29, 1.82) is 0 Å². The first-order valence-corrected chi connectivity index (χ1v) is 9.22. The summed E-state index contributed by atoms with van der Waals surface area (Å²) in [4.78, 5) is 4.45. The highest BCUT2D eigenvalue weighted by atomic mass is 16.2. The van der Waals surface area contributed by atoms with Gasteiger partial charge < -0.3 is 5.11 Å². The zero-order valence-electron chi connectivity index (χ0n) is 15.4. The summed E-state index contributed by atoms with van der Waals surface area (Å²) in [5, 5.41) is 13.8. The minimum atomic E-state index is -0.665. The molecule has 1 heterocycles. The second-order valence-electron chi connectivity index (χ2n) is 6.44. The number of nitrogens with zero attached hydrogens (tertiary/aromatic N) is 3. The summed E-state index contributed by atoms with van der Waals surface area (Å²) in [6, 6.07) is 31.0. The maximum Gasteiger partial charge on any atom is 0.173 e. The summed E-state index contributed by atoms with van der Waals surface area (Å²) in [5.74, 6) is 0.557. The number of aliphatic hydroxyl groups excluding tert-OH is 1. The van der Waals surface area contributed by atoms with Gasteiger partial charge in [-0.1, -0.05) is 97.1 Å². The van der Waals surface area contributed by atoms with Crippen LogP contribution in [0.15, 0.2) is 103 Å². The second kappa shape index (κ2) is 8.03. The highest BCUT2D eigenvalue weighted by Crippen LogP contribution is 2.40. The highest BCUT2D eigenvalue weighted by molar-refractivity contribution is 5.50. The Morgan fingerprint density at radius 3 is 1.64 bits per heavy atom. The van der Waals surface area contributed by atoms with Crippen LogP contribution >= 0.6 is 0 Å². The first-order chi connectivity index (χ1) is 13.9. The molecule has 28 heavy (non-hydrogen) atoms. The third-order valence-corrected chi connectivity index (χ3v) is 4.80. The number of aliphatic hydroxyl groups is 1. The van der Waals surface area contributed by atoms with E-state index in [0.717, 1.165) is 16.7 Å². The van der Waals surface area contributed by atoms with Gasteiger partial charge in [0, 0.05) is 0 Å². The molecule has 0 aliphatic heterocycles. The van der Waals surface area contributed by atoms with Crippen molar-refractivity contribution < 1.29 is 5.11 Å². The van der Waals surface area contributed by atoms with E-state index in [4.69, 9.17) is 10.2 Å². The molecule has 0 saturated carbocycles. The van der Waals surface area contributed by atoms with Crippen molar-refractivity contribution in [2.75, 3.05) is 6.61 Å². The third kappa shape index (κ3) is 3.15. The molecule has 0 spiro atoms. The third-order valence-electron chi connectivity index (χ3n) is 4.80. The molecule has 0 amide bonds. The molecule has 0 saturated heterocycles. The lowest BCUT2D eigenvalue weighted by Crippen LogP contribution is -2.38. The van der Waals surface area contributed by atoms with E-state index in [1.54, 1.807) is 18.5 Å². The van der Waals surface area contributed by atoms with Gasteiger partial charge in [-0.15, -0.1) is 0 Å². The fourth-order valence-corrected chi connectivity index (χ4v) is 3.61. The smallest absolute Gasteiger partial charge is 0.173 e. The zero-order valence-corrected chi connectivity index (χ0v) is 15.4. The molecule has 138 valence electrons. The SMILES string of the molecule is OCC=Cc1ncn(C(c2ccccc2)(c2ccccc2)c2ccccc2)n1. The Morgan fingerprint density at radius 2 is 1.21 bits per heavy atom. The summed E-state index contributed by atoms with van der Waals surface area (Å²) < 4.78 is 1.91. The molecule has 4 aromatic rings. The molecule has 4 heteroatoms. The fourth-order valence-electron chi connectivity index (χ4n) is 3.61. The van der Waals surface area contributed by atoms with Gasteiger partial charge in [-0.25, -0.2) is 9.67 Å². The van der Waals surface area contributed by atoms with E-state index in [2.05, 4.69) is 41.4 Å². The molecular weight excluding hydrogens is 346 g/mol. The van der Waals surface area contributed by atoms with Crippen molar-refractivity contribution >= 4 is 6.08 Å². The monoisotopic (exact) mass is 367 g/mol. The molecule has 1 N–H and O–H groups in total. The van der Waals surface area contributed by atoms with Crippen LogP contribution in [0.2, 0.25) is 0 Å².